The van der Waals surface area contributed by atoms with Gasteiger partial charge in [0.25, 0.3) is 0 Å². The SMILES string of the molecule is CNC(CC(C)C(C)(C)C)c1cc(C)ccc1F. The number of halogens is 1. The minimum atomic E-state index is -0.110. The van der Waals surface area contributed by atoms with Crippen LogP contribution in [-0.2, 0) is 0 Å². The quantitative estimate of drug-likeness (QED) is 0.832. The third kappa shape index (κ3) is 3.81. The van der Waals surface area contributed by atoms with Crippen LogP contribution in [0.15, 0.2) is 18.2 Å². The molecule has 1 aromatic carbocycles. The Kier molecular flexibility index (Phi) is 4.92. The van der Waals surface area contributed by atoms with Gasteiger partial charge in [0.05, 0.1) is 0 Å². The van der Waals surface area contributed by atoms with Crippen LogP contribution in [-0.4, -0.2) is 7.05 Å². The number of rotatable bonds is 4. The molecule has 102 valence electrons. The zero-order valence-electron chi connectivity index (χ0n) is 12.5. The highest BCUT2D eigenvalue weighted by Crippen LogP contribution is 2.34. The van der Waals surface area contributed by atoms with Crippen LogP contribution in [0.5, 0.6) is 0 Å². The maximum absolute atomic E-state index is 13.9. The van der Waals surface area contributed by atoms with E-state index in [-0.39, 0.29) is 17.3 Å². The van der Waals surface area contributed by atoms with E-state index in [1.165, 1.54) is 0 Å². The molecule has 2 atom stereocenters. The van der Waals surface area contributed by atoms with Crippen molar-refractivity contribution in [2.24, 2.45) is 11.3 Å². The minimum absolute atomic E-state index is 0.0825. The normalized spacial score (nSPS) is 15.5. The molecular weight excluding hydrogens is 225 g/mol. The van der Waals surface area contributed by atoms with Gasteiger partial charge >= 0.3 is 0 Å². The highest BCUT2D eigenvalue weighted by atomic mass is 19.1. The van der Waals surface area contributed by atoms with Crippen LogP contribution in [0, 0.1) is 24.1 Å². The number of aryl methyl sites for hydroxylation is 1. The molecule has 0 aromatic heterocycles. The van der Waals surface area contributed by atoms with E-state index in [2.05, 4.69) is 33.0 Å². The van der Waals surface area contributed by atoms with Crippen molar-refractivity contribution in [1.29, 1.82) is 0 Å². The maximum atomic E-state index is 13.9. The molecule has 0 saturated heterocycles. The molecule has 0 spiro atoms. The average molecular weight is 251 g/mol. The first-order chi connectivity index (χ1) is 8.25. The molecule has 0 bridgehead atoms. The molecule has 0 fully saturated rings. The van der Waals surface area contributed by atoms with Gasteiger partial charge in [0.2, 0.25) is 0 Å². The minimum Gasteiger partial charge on any atom is -0.313 e. The van der Waals surface area contributed by atoms with Crippen molar-refractivity contribution in [2.75, 3.05) is 7.05 Å². The lowest BCUT2D eigenvalue weighted by Crippen LogP contribution is -2.26. The molecule has 1 aromatic rings. The van der Waals surface area contributed by atoms with Gasteiger partial charge in [-0.05, 0) is 37.8 Å². The van der Waals surface area contributed by atoms with Crippen molar-refractivity contribution in [2.45, 2.75) is 47.1 Å². The van der Waals surface area contributed by atoms with Crippen LogP contribution in [0.3, 0.4) is 0 Å². The Labute approximate surface area is 111 Å². The number of hydrogen-bond acceptors (Lipinski definition) is 1. The number of nitrogens with one attached hydrogen (secondary N) is 1. The van der Waals surface area contributed by atoms with Gasteiger partial charge in [-0.1, -0.05) is 45.4 Å². The van der Waals surface area contributed by atoms with Crippen molar-refractivity contribution >= 4 is 0 Å². The Morgan fingerprint density at radius 2 is 1.89 bits per heavy atom. The van der Waals surface area contributed by atoms with Crippen LogP contribution in [0.1, 0.15) is 51.3 Å². The zero-order chi connectivity index (χ0) is 13.9. The van der Waals surface area contributed by atoms with E-state index in [9.17, 15) is 4.39 Å². The molecule has 2 heteroatoms. The summed E-state index contributed by atoms with van der Waals surface area (Å²) in [7, 11) is 1.90. The molecule has 0 saturated carbocycles. The standard InChI is InChI=1S/C16H26FN/c1-11-7-8-14(17)13(9-11)15(18-6)10-12(2)16(3,4)5/h7-9,12,15,18H,10H2,1-6H3. The fourth-order valence-electron chi connectivity index (χ4n) is 2.04. The lowest BCUT2D eigenvalue weighted by molar-refractivity contribution is 0.224. The molecule has 0 aliphatic heterocycles. The van der Waals surface area contributed by atoms with E-state index in [1.807, 2.05) is 26.1 Å². The predicted molar refractivity (Wildman–Crippen MR) is 76.2 cm³/mol. The van der Waals surface area contributed by atoms with Crippen molar-refractivity contribution in [1.82, 2.24) is 5.32 Å². The first kappa shape index (κ1) is 15.2. The Hall–Kier alpha value is -0.890. The number of benzene rings is 1. The van der Waals surface area contributed by atoms with Gasteiger partial charge in [0.1, 0.15) is 5.82 Å². The molecule has 0 aliphatic rings. The van der Waals surface area contributed by atoms with Crippen molar-refractivity contribution in [3.8, 4) is 0 Å². The van der Waals surface area contributed by atoms with Crippen molar-refractivity contribution in [3.63, 3.8) is 0 Å². The van der Waals surface area contributed by atoms with Crippen LogP contribution < -0.4 is 5.32 Å². The third-order valence-electron chi connectivity index (χ3n) is 3.94. The summed E-state index contributed by atoms with van der Waals surface area (Å²) < 4.78 is 13.9. The summed E-state index contributed by atoms with van der Waals surface area (Å²) in [5.74, 6) is 0.413. The van der Waals surface area contributed by atoms with Crippen LogP contribution in [0.2, 0.25) is 0 Å². The molecule has 1 rings (SSSR count). The zero-order valence-corrected chi connectivity index (χ0v) is 12.5. The van der Waals surface area contributed by atoms with Crippen molar-refractivity contribution < 1.29 is 4.39 Å². The summed E-state index contributed by atoms with van der Waals surface area (Å²) in [6.45, 7) is 10.9. The van der Waals surface area contributed by atoms with Gasteiger partial charge in [-0.2, -0.15) is 0 Å². The Bertz CT molecular complexity index is 393. The lowest BCUT2D eigenvalue weighted by atomic mass is 9.77. The Morgan fingerprint density at radius 3 is 2.39 bits per heavy atom. The van der Waals surface area contributed by atoms with Crippen LogP contribution >= 0.6 is 0 Å². The molecule has 2 unspecified atom stereocenters. The summed E-state index contributed by atoms with van der Waals surface area (Å²) in [5, 5.41) is 3.25. The molecule has 0 amide bonds. The second-order valence-corrected chi connectivity index (χ2v) is 6.37. The lowest BCUT2D eigenvalue weighted by Gasteiger charge is -2.31. The van der Waals surface area contributed by atoms with Gasteiger partial charge < -0.3 is 5.32 Å². The molecule has 0 aliphatic carbocycles. The maximum Gasteiger partial charge on any atom is 0.127 e. The van der Waals surface area contributed by atoms with Gasteiger partial charge in [-0.15, -0.1) is 0 Å². The van der Waals surface area contributed by atoms with E-state index in [0.29, 0.717) is 5.92 Å². The summed E-state index contributed by atoms with van der Waals surface area (Å²) in [4.78, 5) is 0. The smallest absolute Gasteiger partial charge is 0.127 e. The largest absolute Gasteiger partial charge is 0.313 e. The first-order valence-corrected chi connectivity index (χ1v) is 6.69. The monoisotopic (exact) mass is 251 g/mol. The van der Waals surface area contributed by atoms with E-state index in [0.717, 1.165) is 17.5 Å². The van der Waals surface area contributed by atoms with Gasteiger partial charge in [-0.3, -0.25) is 0 Å². The van der Waals surface area contributed by atoms with E-state index in [4.69, 9.17) is 0 Å². The van der Waals surface area contributed by atoms with Crippen LogP contribution in [0.4, 0.5) is 4.39 Å². The predicted octanol–water partition coefficient (Wildman–Crippen LogP) is 4.47. The Balaban J connectivity index is 2.93. The van der Waals surface area contributed by atoms with E-state index in [1.54, 1.807) is 6.07 Å². The molecule has 1 N–H and O–H groups in total. The summed E-state index contributed by atoms with van der Waals surface area (Å²) >= 11 is 0. The van der Waals surface area contributed by atoms with Crippen molar-refractivity contribution in [3.05, 3.63) is 35.1 Å². The Morgan fingerprint density at radius 1 is 1.28 bits per heavy atom. The van der Waals surface area contributed by atoms with Gasteiger partial charge in [0.15, 0.2) is 0 Å². The second kappa shape index (κ2) is 5.83. The van der Waals surface area contributed by atoms with Gasteiger partial charge in [-0.25, -0.2) is 4.39 Å². The molecule has 0 radical (unpaired) electrons. The fourth-order valence-corrected chi connectivity index (χ4v) is 2.04. The topological polar surface area (TPSA) is 12.0 Å². The van der Waals surface area contributed by atoms with Crippen LogP contribution in [0.25, 0.3) is 0 Å². The second-order valence-electron chi connectivity index (χ2n) is 6.37. The summed E-state index contributed by atoms with van der Waals surface area (Å²) in [6, 6.07) is 5.42. The van der Waals surface area contributed by atoms with E-state index < -0.39 is 0 Å². The molecule has 0 heterocycles. The summed E-state index contributed by atoms with van der Waals surface area (Å²) in [6.07, 6.45) is 0.945. The third-order valence-corrected chi connectivity index (χ3v) is 3.94. The highest BCUT2D eigenvalue weighted by Gasteiger charge is 2.25. The van der Waals surface area contributed by atoms with E-state index >= 15 is 0 Å². The first-order valence-electron chi connectivity index (χ1n) is 6.69. The fraction of sp³-hybridized carbons (Fsp3) is 0.625. The number of hydrogen-bond donors (Lipinski definition) is 1. The van der Waals surface area contributed by atoms with Gasteiger partial charge in [0, 0.05) is 11.6 Å². The molecule has 1 nitrogen and oxygen atoms in total. The molecule has 18 heavy (non-hydrogen) atoms. The highest BCUT2D eigenvalue weighted by molar-refractivity contribution is 5.27. The molecular formula is C16H26FN. The average Bonchev–Trinajstić information content (AvgIpc) is 2.28. The summed E-state index contributed by atoms with van der Waals surface area (Å²) in [5.41, 5.74) is 2.14.